The molecule has 4 aliphatic carbocycles. The summed E-state index contributed by atoms with van der Waals surface area (Å²) in [6.45, 7) is 10.8. The van der Waals surface area contributed by atoms with Gasteiger partial charge in [-0.1, -0.05) is 39.3 Å². The minimum atomic E-state index is -0.291. The van der Waals surface area contributed by atoms with E-state index in [9.17, 15) is 5.11 Å². The maximum Gasteiger partial charge on any atom is 0.171 e. The zero-order valence-electron chi connectivity index (χ0n) is 19.5. The lowest BCUT2D eigenvalue weighted by Gasteiger charge is -2.59. The average Bonchev–Trinajstić information content (AvgIpc) is 3.16. The second-order valence-electron chi connectivity index (χ2n) is 12.6. The summed E-state index contributed by atoms with van der Waals surface area (Å²) < 4.78 is 13.4. The van der Waals surface area contributed by atoms with Crippen molar-refractivity contribution < 1.29 is 14.6 Å². The van der Waals surface area contributed by atoms with Crippen LogP contribution >= 0.6 is 0 Å². The molecule has 0 unspecified atom stereocenters. The van der Waals surface area contributed by atoms with Crippen LogP contribution in [-0.4, -0.2) is 29.7 Å². The summed E-state index contributed by atoms with van der Waals surface area (Å²) in [6, 6.07) is 0. The van der Waals surface area contributed by atoms with Gasteiger partial charge >= 0.3 is 0 Å². The van der Waals surface area contributed by atoms with E-state index < -0.39 is 0 Å². The Hall–Kier alpha value is -0.380. The molecule has 0 bridgehead atoms. The van der Waals surface area contributed by atoms with Crippen LogP contribution in [0.4, 0.5) is 0 Å². The predicted octanol–water partition coefficient (Wildman–Crippen LogP) is 5.71. The Morgan fingerprint density at radius 2 is 1.83 bits per heavy atom. The molecule has 6 rings (SSSR count). The molecule has 11 atom stereocenters. The molecule has 0 aromatic rings. The van der Waals surface area contributed by atoms with Crippen molar-refractivity contribution in [1.82, 2.24) is 0 Å². The Balaban J connectivity index is 1.28. The van der Waals surface area contributed by atoms with Gasteiger partial charge in [0.05, 0.1) is 18.8 Å². The molecule has 6 aliphatic rings. The highest BCUT2D eigenvalue weighted by Gasteiger charge is 2.68. The lowest BCUT2D eigenvalue weighted by Crippen LogP contribution is -2.52. The summed E-state index contributed by atoms with van der Waals surface area (Å²) >= 11 is 0. The van der Waals surface area contributed by atoms with Gasteiger partial charge in [0.25, 0.3) is 0 Å². The number of hydrogen-bond donors (Lipinski definition) is 1. The second-order valence-corrected chi connectivity index (χ2v) is 12.6. The van der Waals surface area contributed by atoms with Crippen molar-refractivity contribution in [2.45, 2.75) is 103 Å². The second kappa shape index (κ2) is 6.58. The topological polar surface area (TPSA) is 38.7 Å². The molecular formula is C27H42O3. The van der Waals surface area contributed by atoms with E-state index in [0.717, 1.165) is 37.2 Å². The van der Waals surface area contributed by atoms with Gasteiger partial charge in [-0.3, -0.25) is 0 Å². The van der Waals surface area contributed by atoms with Crippen molar-refractivity contribution in [3.05, 3.63) is 11.6 Å². The highest BCUT2D eigenvalue weighted by atomic mass is 16.7. The van der Waals surface area contributed by atoms with Gasteiger partial charge in [0, 0.05) is 12.3 Å². The molecule has 3 saturated carbocycles. The summed E-state index contributed by atoms with van der Waals surface area (Å²) in [4.78, 5) is 0. The standard InChI is InChI=1S/C27H42O3/c1-16-7-12-27(29-15-16)17(2)24-23(30-27)14-22-20-6-5-18-13-19(28)8-10-25(18,3)21(20)9-11-26(22,24)4/h13,16-17,19-24,28H,5-12,14-15H2,1-4H3/t16-,17+,19+,20-,21+,22-,23+,24+,25+,26+,27-/m1/s1. The molecule has 3 nitrogen and oxygen atoms in total. The molecule has 168 valence electrons. The molecule has 0 aromatic carbocycles. The third-order valence-corrected chi connectivity index (χ3v) is 11.4. The zero-order valence-corrected chi connectivity index (χ0v) is 19.5. The third-order valence-electron chi connectivity index (χ3n) is 11.4. The Morgan fingerprint density at radius 1 is 1.00 bits per heavy atom. The molecule has 1 N–H and O–H groups in total. The minimum absolute atomic E-state index is 0.201. The number of allylic oxidation sites excluding steroid dienone is 1. The zero-order chi connectivity index (χ0) is 20.9. The van der Waals surface area contributed by atoms with Gasteiger partial charge in [-0.15, -0.1) is 0 Å². The molecule has 0 aromatic heterocycles. The molecule has 1 spiro atoms. The third kappa shape index (κ3) is 2.55. The van der Waals surface area contributed by atoms with Gasteiger partial charge in [-0.2, -0.15) is 0 Å². The summed E-state index contributed by atoms with van der Waals surface area (Å²) in [5, 5.41) is 10.2. The molecular weight excluding hydrogens is 372 g/mol. The van der Waals surface area contributed by atoms with Gasteiger partial charge in [-0.05, 0) is 91.8 Å². The van der Waals surface area contributed by atoms with E-state index in [1.54, 1.807) is 5.57 Å². The van der Waals surface area contributed by atoms with Gasteiger partial charge in [-0.25, -0.2) is 0 Å². The average molecular weight is 415 g/mol. The molecule has 3 heteroatoms. The quantitative estimate of drug-likeness (QED) is 0.516. The van der Waals surface area contributed by atoms with Crippen LogP contribution in [0.25, 0.3) is 0 Å². The Kier molecular flexibility index (Phi) is 4.44. The van der Waals surface area contributed by atoms with Crippen molar-refractivity contribution in [3.8, 4) is 0 Å². The van der Waals surface area contributed by atoms with Gasteiger partial charge < -0.3 is 14.6 Å². The number of fused-ring (bicyclic) bond motifs is 7. The number of aliphatic hydroxyl groups excluding tert-OH is 1. The Morgan fingerprint density at radius 3 is 2.60 bits per heavy atom. The normalized spacial score (nSPS) is 59.8. The van der Waals surface area contributed by atoms with Crippen LogP contribution in [0.1, 0.15) is 85.5 Å². The van der Waals surface area contributed by atoms with Crippen LogP contribution in [0.5, 0.6) is 0 Å². The highest BCUT2D eigenvalue weighted by Crippen LogP contribution is 2.70. The first kappa shape index (κ1) is 20.2. The maximum atomic E-state index is 10.2. The fourth-order valence-corrected chi connectivity index (χ4v) is 9.73. The van der Waals surface area contributed by atoms with Crippen molar-refractivity contribution in [2.24, 2.45) is 46.3 Å². The fraction of sp³-hybridized carbons (Fsp3) is 0.926. The highest BCUT2D eigenvalue weighted by molar-refractivity contribution is 5.26. The van der Waals surface area contributed by atoms with E-state index in [1.165, 1.54) is 44.9 Å². The van der Waals surface area contributed by atoms with Crippen molar-refractivity contribution >= 4 is 0 Å². The van der Waals surface area contributed by atoms with Gasteiger partial charge in [0.2, 0.25) is 0 Å². The largest absolute Gasteiger partial charge is 0.389 e. The van der Waals surface area contributed by atoms with Gasteiger partial charge in [0.15, 0.2) is 5.79 Å². The molecule has 2 heterocycles. The predicted molar refractivity (Wildman–Crippen MR) is 118 cm³/mol. The first-order valence-electron chi connectivity index (χ1n) is 13.0. The summed E-state index contributed by atoms with van der Waals surface area (Å²) in [5.41, 5.74) is 2.32. The van der Waals surface area contributed by atoms with Crippen molar-refractivity contribution in [3.63, 3.8) is 0 Å². The van der Waals surface area contributed by atoms with Crippen LogP contribution in [0, 0.1) is 46.3 Å². The molecule has 5 fully saturated rings. The fourth-order valence-electron chi connectivity index (χ4n) is 9.73. The van der Waals surface area contributed by atoms with Crippen LogP contribution in [0.3, 0.4) is 0 Å². The minimum Gasteiger partial charge on any atom is -0.389 e. The maximum absolute atomic E-state index is 10.2. The Bertz CT molecular complexity index is 736. The van der Waals surface area contributed by atoms with Crippen LogP contribution in [-0.2, 0) is 9.47 Å². The summed E-state index contributed by atoms with van der Waals surface area (Å²) in [5.74, 6) is 4.00. The lowest BCUT2D eigenvalue weighted by molar-refractivity contribution is -0.272. The van der Waals surface area contributed by atoms with Crippen LogP contribution < -0.4 is 0 Å². The van der Waals surface area contributed by atoms with E-state index in [2.05, 4.69) is 33.8 Å². The van der Waals surface area contributed by atoms with Crippen LogP contribution in [0.2, 0.25) is 0 Å². The molecule has 30 heavy (non-hydrogen) atoms. The monoisotopic (exact) mass is 414 g/mol. The molecule has 2 aliphatic heterocycles. The molecule has 0 amide bonds. The number of hydrogen-bond acceptors (Lipinski definition) is 3. The first-order chi connectivity index (χ1) is 14.3. The van der Waals surface area contributed by atoms with Crippen molar-refractivity contribution in [1.29, 1.82) is 0 Å². The number of ether oxygens (including phenoxy) is 2. The van der Waals surface area contributed by atoms with E-state index in [-0.39, 0.29) is 11.9 Å². The van der Waals surface area contributed by atoms with Gasteiger partial charge in [0.1, 0.15) is 0 Å². The van der Waals surface area contributed by atoms with E-state index in [1.807, 2.05) is 0 Å². The Labute approximate surface area is 183 Å². The summed E-state index contributed by atoms with van der Waals surface area (Å²) in [6.07, 6.45) is 13.4. The first-order valence-corrected chi connectivity index (χ1v) is 13.0. The number of rotatable bonds is 0. The number of aliphatic hydroxyl groups is 1. The SMILES string of the molecule is C[C@@H]1CC[C@@]2(OC1)O[C@H]1C[C@@H]3[C@@H]4CCC5=C[C@@H](O)CC[C@]5(C)[C@H]4CC[C@]3(C)[C@H]1[C@@H]2C. The van der Waals surface area contributed by atoms with E-state index in [0.29, 0.717) is 34.7 Å². The van der Waals surface area contributed by atoms with Crippen LogP contribution in [0.15, 0.2) is 11.6 Å². The van der Waals surface area contributed by atoms with E-state index in [4.69, 9.17) is 9.47 Å². The summed E-state index contributed by atoms with van der Waals surface area (Å²) in [7, 11) is 0. The molecule has 2 saturated heterocycles. The van der Waals surface area contributed by atoms with E-state index >= 15 is 0 Å². The smallest absolute Gasteiger partial charge is 0.171 e. The molecule has 0 radical (unpaired) electrons. The van der Waals surface area contributed by atoms with Crippen molar-refractivity contribution in [2.75, 3.05) is 6.61 Å². The lowest BCUT2D eigenvalue weighted by atomic mass is 9.46.